The van der Waals surface area contributed by atoms with Gasteiger partial charge in [-0.1, -0.05) is 40.5 Å². The van der Waals surface area contributed by atoms with Crippen LogP contribution in [0.3, 0.4) is 0 Å². The highest BCUT2D eigenvalue weighted by atomic mass is 19.1. The van der Waals surface area contributed by atoms with Crippen molar-refractivity contribution in [2.45, 2.75) is 111 Å². The first-order valence-corrected chi connectivity index (χ1v) is 15.0. The van der Waals surface area contributed by atoms with Gasteiger partial charge in [-0.2, -0.15) is 0 Å². The maximum atomic E-state index is 13.8. The number of hydrogen-bond acceptors (Lipinski definition) is 3. The summed E-state index contributed by atoms with van der Waals surface area (Å²) in [7, 11) is 0. The number of aryl methyl sites for hydroxylation is 1. The molecule has 0 heterocycles. The minimum atomic E-state index is -0.891. The van der Waals surface area contributed by atoms with Crippen LogP contribution >= 0.6 is 0 Å². The molecule has 37 heavy (non-hydrogen) atoms. The number of fused-ring (bicyclic) bond motifs is 5. The molecule has 1 aromatic rings. The Bertz CT molecular complexity index is 960. The topological polar surface area (TPSA) is 60.7 Å². The molecule has 0 radical (unpaired) electrons. The lowest BCUT2D eigenvalue weighted by Gasteiger charge is -2.64. The predicted molar refractivity (Wildman–Crippen MR) is 142 cm³/mol. The Hall–Kier alpha value is -1.20. The minimum absolute atomic E-state index is 0.212. The van der Waals surface area contributed by atoms with Gasteiger partial charge in [0.2, 0.25) is 0 Å². The molecule has 0 aliphatic heterocycles. The molecule has 0 spiro atoms. The lowest BCUT2D eigenvalue weighted by atomic mass is 9.41. The minimum Gasteiger partial charge on any atom is -0.503 e. The van der Waals surface area contributed by atoms with Crippen LogP contribution in [0.25, 0.3) is 0 Å². The van der Waals surface area contributed by atoms with Gasteiger partial charge in [0.05, 0.1) is 12.2 Å². The van der Waals surface area contributed by atoms with Crippen molar-refractivity contribution in [3.63, 3.8) is 0 Å². The Kier molecular flexibility index (Phi) is 7.46. The van der Waals surface area contributed by atoms with E-state index in [2.05, 4.69) is 27.7 Å². The van der Waals surface area contributed by atoms with Gasteiger partial charge in [0.1, 0.15) is 0 Å². The van der Waals surface area contributed by atoms with E-state index in [1.807, 2.05) is 0 Å². The molecular formula is C32H48F2O3. The van der Waals surface area contributed by atoms with Gasteiger partial charge in [0, 0.05) is 0 Å². The summed E-state index contributed by atoms with van der Waals surface area (Å²) in [5, 5.41) is 31.7. The number of phenols is 1. The van der Waals surface area contributed by atoms with E-state index in [1.54, 1.807) is 0 Å². The largest absolute Gasteiger partial charge is 0.503 e. The summed E-state index contributed by atoms with van der Waals surface area (Å²) in [5.41, 5.74) is 1.06. The van der Waals surface area contributed by atoms with Crippen LogP contribution in [0.15, 0.2) is 12.1 Å². The number of hydrogen-bond donors (Lipinski definition) is 3. The highest BCUT2D eigenvalue weighted by molar-refractivity contribution is 5.30. The summed E-state index contributed by atoms with van der Waals surface area (Å²) in [5.74, 6) is 0.641. The smallest absolute Gasteiger partial charge is 0.187 e. The third kappa shape index (κ3) is 4.44. The van der Waals surface area contributed by atoms with E-state index in [0.717, 1.165) is 38.5 Å². The van der Waals surface area contributed by atoms with Gasteiger partial charge in [-0.3, -0.25) is 0 Å². The highest BCUT2D eigenvalue weighted by Crippen LogP contribution is 2.69. The normalized spacial score (nSPS) is 44.1. The van der Waals surface area contributed by atoms with Crippen molar-refractivity contribution in [2.24, 2.45) is 52.3 Å². The summed E-state index contributed by atoms with van der Waals surface area (Å²) in [6.07, 6.45) is 10.6. The Morgan fingerprint density at radius 2 is 1.59 bits per heavy atom. The quantitative estimate of drug-likeness (QED) is 0.372. The molecule has 4 saturated carbocycles. The van der Waals surface area contributed by atoms with Gasteiger partial charge in [0.25, 0.3) is 0 Å². The van der Waals surface area contributed by atoms with Crippen LogP contribution in [-0.4, -0.2) is 27.5 Å². The van der Waals surface area contributed by atoms with Crippen LogP contribution in [0.5, 0.6) is 5.75 Å². The zero-order valence-electron chi connectivity index (χ0n) is 23.2. The lowest BCUT2D eigenvalue weighted by Crippen LogP contribution is -2.62. The number of benzene rings is 1. The third-order valence-electron chi connectivity index (χ3n) is 12.4. The fourth-order valence-corrected chi connectivity index (χ4v) is 10.5. The fraction of sp³-hybridized carbons (Fsp3) is 0.812. The van der Waals surface area contributed by atoms with Crippen LogP contribution in [0, 0.1) is 63.9 Å². The van der Waals surface area contributed by atoms with Gasteiger partial charge in [-0.15, -0.1) is 0 Å². The maximum Gasteiger partial charge on any atom is 0.187 e. The van der Waals surface area contributed by atoms with Gasteiger partial charge in [0.15, 0.2) is 17.4 Å². The average Bonchev–Trinajstić information content (AvgIpc) is 3.21. The maximum absolute atomic E-state index is 13.8. The molecule has 3 N–H and O–H groups in total. The first-order valence-electron chi connectivity index (χ1n) is 15.0. The monoisotopic (exact) mass is 518 g/mol. The number of aliphatic hydroxyl groups is 2. The van der Waals surface area contributed by atoms with Crippen LogP contribution in [0.1, 0.15) is 97.5 Å². The molecule has 0 saturated heterocycles. The van der Waals surface area contributed by atoms with Crippen molar-refractivity contribution >= 4 is 0 Å². The molecule has 0 bridgehead atoms. The summed E-state index contributed by atoms with van der Waals surface area (Å²) in [6.45, 7) is 9.57. The summed E-state index contributed by atoms with van der Waals surface area (Å²) < 4.78 is 27.5. The Morgan fingerprint density at radius 1 is 0.946 bits per heavy atom. The molecule has 0 aromatic heterocycles. The van der Waals surface area contributed by atoms with E-state index in [9.17, 15) is 24.1 Å². The van der Waals surface area contributed by atoms with E-state index in [1.165, 1.54) is 37.8 Å². The van der Waals surface area contributed by atoms with E-state index < -0.39 is 17.4 Å². The summed E-state index contributed by atoms with van der Waals surface area (Å²) in [6, 6.07) is 2.51. The van der Waals surface area contributed by atoms with E-state index in [-0.39, 0.29) is 29.0 Å². The van der Waals surface area contributed by atoms with Gasteiger partial charge < -0.3 is 15.3 Å². The fourth-order valence-electron chi connectivity index (χ4n) is 10.5. The molecule has 208 valence electrons. The van der Waals surface area contributed by atoms with Crippen LogP contribution in [0.4, 0.5) is 8.78 Å². The van der Waals surface area contributed by atoms with Crippen molar-refractivity contribution in [2.75, 3.05) is 0 Å². The first-order chi connectivity index (χ1) is 17.5. The SMILES string of the molecule is CC[C@@H]1C2C[C@H](O)CCC2(C)[C@H]2CCC3(C)[C@@H]([C@H](C)CCCc4cc(F)c(O)c(F)c4)CC[C@H]3C2[C@@H]1O. The third-order valence-corrected chi connectivity index (χ3v) is 12.4. The number of halogens is 2. The predicted octanol–water partition coefficient (Wildman–Crippen LogP) is 7.26. The number of aliphatic hydroxyl groups excluding tert-OH is 2. The van der Waals surface area contributed by atoms with Gasteiger partial charge >= 0.3 is 0 Å². The molecule has 4 unspecified atom stereocenters. The van der Waals surface area contributed by atoms with Gasteiger partial charge in [-0.25, -0.2) is 8.78 Å². The van der Waals surface area contributed by atoms with E-state index in [4.69, 9.17) is 0 Å². The number of phenolic OH excluding ortho intramolecular Hbond substituents is 1. The summed E-state index contributed by atoms with van der Waals surface area (Å²) >= 11 is 0. The molecular weight excluding hydrogens is 470 g/mol. The Balaban J connectivity index is 1.29. The van der Waals surface area contributed by atoms with Crippen molar-refractivity contribution in [3.05, 3.63) is 29.3 Å². The molecule has 3 nitrogen and oxygen atoms in total. The second-order valence-corrected chi connectivity index (χ2v) is 13.9. The molecule has 0 amide bonds. The molecule has 4 aliphatic carbocycles. The average molecular weight is 519 g/mol. The number of aromatic hydroxyl groups is 1. The molecule has 11 atom stereocenters. The molecule has 5 rings (SSSR count). The second-order valence-electron chi connectivity index (χ2n) is 13.9. The zero-order chi connectivity index (χ0) is 26.7. The van der Waals surface area contributed by atoms with Crippen molar-refractivity contribution in [1.82, 2.24) is 0 Å². The Labute approximate surface area is 222 Å². The molecule has 4 aliphatic rings. The first kappa shape index (κ1) is 27.4. The standard InChI is InChI=1S/C32H48F2O3/c1-5-21-25-17-20(35)11-13-32(25,4)24-12-14-31(3)22(9-10-23(31)28(24)29(21)36)18(2)7-6-8-19-15-26(33)30(37)27(34)16-19/h15-16,18,20-25,28-29,35-37H,5-14,17H2,1-4H3/t18-,20-,21-,22-,23+,24+,25?,28?,29-,31?,32?/m1/s1. The zero-order valence-corrected chi connectivity index (χ0v) is 23.2. The molecule has 5 heteroatoms. The second kappa shape index (κ2) is 10.1. The van der Waals surface area contributed by atoms with Crippen LogP contribution in [-0.2, 0) is 6.42 Å². The van der Waals surface area contributed by atoms with E-state index in [0.29, 0.717) is 47.5 Å². The summed E-state index contributed by atoms with van der Waals surface area (Å²) in [4.78, 5) is 0. The lowest BCUT2D eigenvalue weighted by molar-refractivity contribution is -0.203. The van der Waals surface area contributed by atoms with Crippen molar-refractivity contribution in [1.29, 1.82) is 0 Å². The van der Waals surface area contributed by atoms with Crippen molar-refractivity contribution in [3.8, 4) is 5.75 Å². The van der Waals surface area contributed by atoms with E-state index >= 15 is 0 Å². The molecule has 1 aromatic carbocycles. The van der Waals surface area contributed by atoms with Crippen LogP contribution in [0.2, 0.25) is 0 Å². The Morgan fingerprint density at radius 3 is 2.27 bits per heavy atom. The van der Waals surface area contributed by atoms with Gasteiger partial charge in [-0.05, 0) is 128 Å². The molecule has 4 fully saturated rings. The van der Waals surface area contributed by atoms with Crippen molar-refractivity contribution < 1.29 is 24.1 Å². The van der Waals surface area contributed by atoms with Crippen LogP contribution < -0.4 is 0 Å². The number of rotatable bonds is 6. The highest BCUT2D eigenvalue weighted by Gasteiger charge is 2.64.